The van der Waals surface area contributed by atoms with Gasteiger partial charge in [-0.25, -0.2) is 8.42 Å². The van der Waals surface area contributed by atoms with Crippen LogP contribution in [0.3, 0.4) is 0 Å². The van der Waals surface area contributed by atoms with E-state index in [-0.39, 0.29) is 0 Å². The first-order valence-electron chi connectivity index (χ1n) is 6.55. The standard InChI is InChI=1S/C14H17N3O2S/c1-11-14(9-15-16(11)2)20(18,19)17-8-7-12-5-3-4-6-13(12)10-17/h3-6,9H,7-8,10H2,1-2H3. The maximum absolute atomic E-state index is 12.7. The van der Waals surface area contributed by atoms with Crippen molar-refractivity contribution in [3.63, 3.8) is 0 Å². The topological polar surface area (TPSA) is 55.2 Å². The van der Waals surface area contributed by atoms with E-state index in [9.17, 15) is 8.42 Å². The van der Waals surface area contributed by atoms with Gasteiger partial charge >= 0.3 is 0 Å². The molecule has 1 aliphatic heterocycles. The summed E-state index contributed by atoms with van der Waals surface area (Å²) in [5, 5.41) is 4.03. The van der Waals surface area contributed by atoms with Gasteiger partial charge in [-0.15, -0.1) is 0 Å². The van der Waals surface area contributed by atoms with Crippen LogP contribution in [0.4, 0.5) is 0 Å². The number of hydrogen-bond acceptors (Lipinski definition) is 3. The van der Waals surface area contributed by atoms with Crippen LogP contribution in [-0.4, -0.2) is 29.0 Å². The Morgan fingerprint density at radius 3 is 2.55 bits per heavy atom. The highest BCUT2D eigenvalue weighted by molar-refractivity contribution is 7.89. The van der Waals surface area contributed by atoms with E-state index in [1.54, 1.807) is 23.0 Å². The zero-order valence-electron chi connectivity index (χ0n) is 11.6. The number of hydrogen-bond donors (Lipinski definition) is 0. The van der Waals surface area contributed by atoms with Gasteiger partial charge in [0.2, 0.25) is 10.0 Å². The van der Waals surface area contributed by atoms with Crippen molar-refractivity contribution in [1.82, 2.24) is 14.1 Å². The van der Waals surface area contributed by atoms with Crippen molar-refractivity contribution in [2.45, 2.75) is 24.8 Å². The van der Waals surface area contributed by atoms with E-state index < -0.39 is 10.0 Å². The summed E-state index contributed by atoms with van der Waals surface area (Å²) >= 11 is 0. The van der Waals surface area contributed by atoms with E-state index in [1.165, 1.54) is 11.8 Å². The third-order valence-corrected chi connectivity index (χ3v) is 5.85. The Morgan fingerprint density at radius 2 is 1.90 bits per heavy atom. The molecule has 0 radical (unpaired) electrons. The fourth-order valence-corrected chi connectivity index (χ4v) is 4.15. The number of benzene rings is 1. The monoisotopic (exact) mass is 291 g/mol. The van der Waals surface area contributed by atoms with Crippen LogP contribution in [0.15, 0.2) is 35.4 Å². The SMILES string of the molecule is Cc1c(S(=O)(=O)N2CCc3ccccc3C2)cnn1C. The van der Waals surface area contributed by atoms with Crippen LogP contribution in [0, 0.1) is 6.92 Å². The molecule has 0 fully saturated rings. The Bertz CT molecular complexity index is 750. The molecule has 0 saturated heterocycles. The molecule has 0 atom stereocenters. The zero-order chi connectivity index (χ0) is 14.3. The molecule has 0 N–H and O–H groups in total. The number of fused-ring (bicyclic) bond motifs is 1. The van der Waals surface area contributed by atoms with Crippen molar-refractivity contribution in [3.05, 3.63) is 47.3 Å². The summed E-state index contributed by atoms with van der Waals surface area (Å²) in [7, 11) is -1.71. The summed E-state index contributed by atoms with van der Waals surface area (Å²) in [5.41, 5.74) is 2.99. The van der Waals surface area contributed by atoms with Gasteiger partial charge in [-0.2, -0.15) is 9.40 Å². The second kappa shape index (κ2) is 4.71. The van der Waals surface area contributed by atoms with Crippen LogP contribution < -0.4 is 0 Å². The Labute approximate surface area is 118 Å². The van der Waals surface area contributed by atoms with Gasteiger partial charge in [-0.3, -0.25) is 4.68 Å². The second-order valence-electron chi connectivity index (χ2n) is 5.08. The Balaban J connectivity index is 1.96. The molecular weight excluding hydrogens is 274 g/mol. The van der Waals surface area contributed by atoms with Crippen LogP contribution >= 0.6 is 0 Å². The molecule has 1 aliphatic rings. The fraction of sp³-hybridized carbons (Fsp3) is 0.357. The molecule has 0 saturated carbocycles. The summed E-state index contributed by atoms with van der Waals surface area (Å²) in [6, 6.07) is 8.00. The van der Waals surface area contributed by atoms with E-state index in [0.29, 0.717) is 23.7 Å². The normalized spacial score (nSPS) is 16.1. The van der Waals surface area contributed by atoms with Gasteiger partial charge in [0.1, 0.15) is 4.90 Å². The van der Waals surface area contributed by atoms with Crippen molar-refractivity contribution in [2.75, 3.05) is 6.54 Å². The van der Waals surface area contributed by atoms with Gasteiger partial charge in [0.15, 0.2) is 0 Å². The molecule has 0 spiro atoms. The Morgan fingerprint density at radius 1 is 1.20 bits per heavy atom. The summed E-state index contributed by atoms with van der Waals surface area (Å²) in [6.45, 7) is 2.73. The van der Waals surface area contributed by atoms with E-state index in [2.05, 4.69) is 11.2 Å². The summed E-state index contributed by atoms with van der Waals surface area (Å²) in [5.74, 6) is 0. The molecule has 1 aromatic heterocycles. The highest BCUT2D eigenvalue weighted by Crippen LogP contribution is 2.26. The number of aryl methyl sites for hydroxylation is 1. The lowest BCUT2D eigenvalue weighted by Gasteiger charge is -2.27. The summed E-state index contributed by atoms with van der Waals surface area (Å²) < 4.78 is 28.5. The van der Waals surface area contributed by atoms with Crippen molar-refractivity contribution < 1.29 is 8.42 Å². The molecule has 1 aromatic carbocycles. The summed E-state index contributed by atoms with van der Waals surface area (Å²) in [6.07, 6.45) is 2.19. The number of sulfonamides is 1. The van der Waals surface area contributed by atoms with Gasteiger partial charge in [0, 0.05) is 20.1 Å². The van der Waals surface area contributed by atoms with Gasteiger partial charge in [-0.05, 0) is 24.5 Å². The first kappa shape index (κ1) is 13.3. The molecule has 5 nitrogen and oxygen atoms in total. The lowest BCUT2D eigenvalue weighted by molar-refractivity contribution is 0.391. The van der Waals surface area contributed by atoms with Crippen LogP contribution in [0.5, 0.6) is 0 Å². The quantitative estimate of drug-likeness (QED) is 0.842. The molecule has 2 aromatic rings. The van der Waals surface area contributed by atoms with Crippen molar-refractivity contribution in [3.8, 4) is 0 Å². The smallest absolute Gasteiger partial charge is 0.246 e. The number of aromatic nitrogens is 2. The molecule has 2 heterocycles. The van der Waals surface area contributed by atoms with Crippen molar-refractivity contribution >= 4 is 10.0 Å². The van der Waals surface area contributed by atoms with Gasteiger partial charge in [0.25, 0.3) is 0 Å². The average molecular weight is 291 g/mol. The maximum Gasteiger partial charge on any atom is 0.246 e. The molecule has 3 rings (SSSR count). The molecule has 106 valence electrons. The van der Waals surface area contributed by atoms with Crippen molar-refractivity contribution in [2.24, 2.45) is 7.05 Å². The minimum absolute atomic E-state index is 0.305. The predicted octanol–water partition coefficient (Wildman–Crippen LogP) is 1.48. The minimum Gasteiger partial charge on any atom is -0.272 e. The minimum atomic E-state index is -3.46. The first-order chi connectivity index (χ1) is 9.50. The average Bonchev–Trinajstić information content (AvgIpc) is 2.79. The van der Waals surface area contributed by atoms with Gasteiger partial charge in [-0.1, -0.05) is 24.3 Å². The largest absolute Gasteiger partial charge is 0.272 e. The second-order valence-corrected chi connectivity index (χ2v) is 6.98. The predicted molar refractivity (Wildman–Crippen MR) is 75.7 cm³/mol. The third-order valence-electron chi connectivity index (χ3n) is 3.90. The molecule has 20 heavy (non-hydrogen) atoms. The van der Waals surface area contributed by atoms with E-state index in [0.717, 1.165) is 12.0 Å². The molecule has 0 unspecified atom stereocenters. The maximum atomic E-state index is 12.7. The van der Waals surface area contributed by atoms with E-state index in [4.69, 9.17) is 0 Å². The Hall–Kier alpha value is -1.66. The molecule has 0 amide bonds. The van der Waals surface area contributed by atoms with Crippen LogP contribution in [-0.2, 0) is 30.0 Å². The zero-order valence-corrected chi connectivity index (χ0v) is 12.4. The fourth-order valence-electron chi connectivity index (χ4n) is 2.55. The lowest BCUT2D eigenvalue weighted by atomic mass is 10.0. The number of nitrogens with zero attached hydrogens (tertiary/aromatic N) is 3. The third kappa shape index (κ3) is 2.05. The molecule has 0 bridgehead atoms. The van der Waals surface area contributed by atoms with E-state index in [1.807, 2.05) is 18.2 Å². The van der Waals surface area contributed by atoms with Gasteiger partial charge in [0.05, 0.1) is 11.9 Å². The highest BCUT2D eigenvalue weighted by Gasteiger charge is 2.30. The first-order valence-corrected chi connectivity index (χ1v) is 7.99. The van der Waals surface area contributed by atoms with Crippen molar-refractivity contribution in [1.29, 1.82) is 0 Å². The van der Waals surface area contributed by atoms with E-state index >= 15 is 0 Å². The van der Waals surface area contributed by atoms with Crippen LogP contribution in [0.2, 0.25) is 0 Å². The summed E-state index contributed by atoms with van der Waals surface area (Å²) in [4.78, 5) is 0.305. The van der Waals surface area contributed by atoms with Crippen LogP contribution in [0.25, 0.3) is 0 Å². The highest BCUT2D eigenvalue weighted by atomic mass is 32.2. The number of rotatable bonds is 2. The molecular formula is C14H17N3O2S. The lowest BCUT2D eigenvalue weighted by Crippen LogP contribution is -2.36. The Kier molecular flexibility index (Phi) is 3.14. The van der Waals surface area contributed by atoms with Crippen LogP contribution in [0.1, 0.15) is 16.8 Å². The van der Waals surface area contributed by atoms with Gasteiger partial charge < -0.3 is 0 Å². The molecule has 0 aliphatic carbocycles. The molecule has 6 heteroatoms.